The molecule has 1 heterocycles. The molecule has 1 amide bonds. The highest BCUT2D eigenvalue weighted by atomic mass is 32.2. The highest BCUT2D eigenvalue weighted by Crippen LogP contribution is 2.23. The molecule has 3 aromatic rings. The van der Waals surface area contributed by atoms with Crippen molar-refractivity contribution in [3.8, 4) is 5.75 Å². The molecular formula is C18H18FN3O2S. The lowest BCUT2D eigenvalue weighted by molar-refractivity contribution is -0.127. The predicted octanol–water partition coefficient (Wildman–Crippen LogP) is 3.46. The van der Waals surface area contributed by atoms with Crippen LogP contribution < -0.4 is 4.74 Å². The number of methoxy groups -OCH3 is 1. The zero-order valence-corrected chi connectivity index (χ0v) is 14.8. The maximum Gasteiger partial charge on any atom is 0.233 e. The van der Waals surface area contributed by atoms with Crippen LogP contribution in [-0.4, -0.2) is 40.7 Å². The van der Waals surface area contributed by atoms with E-state index < -0.39 is 0 Å². The first-order chi connectivity index (χ1) is 12.1. The minimum absolute atomic E-state index is 0.0914. The van der Waals surface area contributed by atoms with E-state index in [-0.39, 0.29) is 24.0 Å². The van der Waals surface area contributed by atoms with Gasteiger partial charge in [0.15, 0.2) is 5.16 Å². The quantitative estimate of drug-likeness (QED) is 0.685. The van der Waals surface area contributed by atoms with Crippen LogP contribution in [0.15, 0.2) is 47.6 Å². The summed E-state index contributed by atoms with van der Waals surface area (Å²) in [6.07, 6.45) is 0. The number of hydrogen-bond acceptors (Lipinski definition) is 4. The van der Waals surface area contributed by atoms with Gasteiger partial charge in [0.1, 0.15) is 11.6 Å². The molecule has 0 radical (unpaired) electrons. The van der Waals surface area contributed by atoms with E-state index in [1.807, 2.05) is 18.2 Å². The molecule has 130 valence electrons. The fraction of sp³-hybridized carbons (Fsp3) is 0.222. The second-order valence-electron chi connectivity index (χ2n) is 5.55. The first-order valence-corrected chi connectivity index (χ1v) is 8.69. The third kappa shape index (κ3) is 4.11. The van der Waals surface area contributed by atoms with Crippen molar-refractivity contribution in [1.29, 1.82) is 0 Å². The number of carbonyl (C=O) groups excluding carboxylic acids is 1. The van der Waals surface area contributed by atoms with E-state index in [9.17, 15) is 9.18 Å². The van der Waals surface area contributed by atoms with Gasteiger partial charge in [-0.3, -0.25) is 4.79 Å². The lowest BCUT2D eigenvalue weighted by atomic mass is 10.2. The van der Waals surface area contributed by atoms with Crippen LogP contribution in [0.25, 0.3) is 11.0 Å². The molecule has 0 aliphatic rings. The molecule has 0 spiro atoms. The number of hydrogen-bond donors (Lipinski definition) is 1. The molecule has 0 bridgehead atoms. The van der Waals surface area contributed by atoms with Gasteiger partial charge >= 0.3 is 0 Å². The van der Waals surface area contributed by atoms with Gasteiger partial charge in [0.2, 0.25) is 5.91 Å². The molecule has 0 atom stereocenters. The van der Waals surface area contributed by atoms with Gasteiger partial charge in [-0.15, -0.1) is 0 Å². The van der Waals surface area contributed by atoms with E-state index in [1.165, 1.54) is 22.7 Å². The van der Waals surface area contributed by atoms with Crippen LogP contribution in [0.1, 0.15) is 5.56 Å². The van der Waals surface area contributed by atoms with Crippen molar-refractivity contribution >= 4 is 28.7 Å². The first-order valence-electron chi connectivity index (χ1n) is 7.71. The summed E-state index contributed by atoms with van der Waals surface area (Å²) in [5, 5.41) is 0.663. The van der Waals surface area contributed by atoms with E-state index in [0.29, 0.717) is 10.7 Å². The Morgan fingerprint density at radius 2 is 2.12 bits per heavy atom. The summed E-state index contributed by atoms with van der Waals surface area (Å²) in [5.74, 6) is 0.572. The lowest BCUT2D eigenvalue weighted by Crippen LogP contribution is -2.28. The van der Waals surface area contributed by atoms with Gasteiger partial charge in [-0.25, -0.2) is 9.37 Å². The number of nitrogens with one attached hydrogen (secondary N) is 1. The van der Waals surface area contributed by atoms with Crippen LogP contribution in [0.2, 0.25) is 0 Å². The Morgan fingerprint density at radius 1 is 1.32 bits per heavy atom. The number of imidazole rings is 1. The van der Waals surface area contributed by atoms with Crippen LogP contribution >= 0.6 is 11.8 Å². The molecule has 1 aromatic heterocycles. The fourth-order valence-corrected chi connectivity index (χ4v) is 3.20. The molecular weight excluding hydrogens is 341 g/mol. The van der Waals surface area contributed by atoms with Crippen LogP contribution in [-0.2, 0) is 11.3 Å². The Hall–Kier alpha value is -2.54. The Labute approximate surface area is 149 Å². The fourth-order valence-electron chi connectivity index (χ4n) is 2.37. The number of ether oxygens (including phenoxy) is 1. The molecule has 0 saturated heterocycles. The van der Waals surface area contributed by atoms with Crippen molar-refractivity contribution in [3.63, 3.8) is 0 Å². The maximum atomic E-state index is 13.7. The van der Waals surface area contributed by atoms with Gasteiger partial charge in [0.25, 0.3) is 0 Å². The smallest absolute Gasteiger partial charge is 0.233 e. The molecule has 1 N–H and O–H groups in total. The standard InChI is InChI=1S/C18H18FN3O2S/c1-22(10-12-5-3-4-6-14(12)19)17(23)11-25-18-20-15-8-7-13(24-2)9-16(15)21-18/h3-9H,10-11H2,1-2H3,(H,20,21). The molecule has 25 heavy (non-hydrogen) atoms. The van der Waals surface area contributed by atoms with Crippen molar-refractivity contribution < 1.29 is 13.9 Å². The molecule has 0 fully saturated rings. The minimum Gasteiger partial charge on any atom is -0.497 e. The average Bonchev–Trinajstić information content (AvgIpc) is 3.03. The molecule has 0 aliphatic carbocycles. The number of amides is 1. The highest BCUT2D eigenvalue weighted by molar-refractivity contribution is 7.99. The number of benzene rings is 2. The molecule has 7 heteroatoms. The van der Waals surface area contributed by atoms with Gasteiger partial charge in [0, 0.05) is 25.2 Å². The number of H-pyrrole nitrogens is 1. The zero-order chi connectivity index (χ0) is 17.8. The Bertz CT molecular complexity index is 897. The minimum atomic E-state index is -0.305. The van der Waals surface area contributed by atoms with E-state index in [4.69, 9.17) is 4.74 Å². The molecule has 2 aromatic carbocycles. The highest BCUT2D eigenvalue weighted by Gasteiger charge is 2.13. The summed E-state index contributed by atoms with van der Waals surface area (Å²) >= 11 is 1.32. The van der Waals surface area contributed by atoms with Crippen LogP contribution in [0, 0.1) is 5.82 Å². The number of halogens is 1. The maximum absolute atomic E-state index is 13.7. The Balaban J connectivity index is 1.61. The van der Waals surface area contributed by atoms with Gasteiger partial charge in [-0.05, 0) is 18.2 Å². The second kappa shape index (κ2) is 7.57. The SMILES string of the molecule is COc1ccc2nc(SCC(=O)N(C)Cc3ccccc3F)[nH]c2c1. The summed E-state index contributed by atoms with van der Waals surface area (Å²) in [5.41, 5.74) is 2.17. The summed E-state index contributed by atoms with van der Waals surface area (Å²) in [6.45, 7) is 0.239. The van der Waals surface area contributed by atoms with E-state index in [0.717, 1.165) is 16.8 Å². The van der Waals surface area contributed by atoms with Crippen LogP contribution in [0.3, 0.4) is 0 Å². The largest absolute Gasteiger partial charge is 0.497 e. The number of aromatic nitrogens is 2. The van der Waals surface area contributed by atoms with Crippen molar-refractivity contribution in [1.82, 2.24) is 14.9 Å². The lowest BCUT2D eigenvalue weighted by Gasteiger charge is -2.17. The van der Waals surface area contributed by atoms with E-state index in [2.05, 4.69) is 9.97 Å². The molecule has 0 aliphatic heterocycles. The van der Waals surface area contributed by atoms with Crippen LogP contribution in [0.4, 0.5) is 4.39 Å². The van der Waals surface area contributed by atoms with E-state index in [1.54, 1.807) is 32.4 Å². The third-order valence-electron chi connectivity index (χ3n) is 3.79. The van der Waals surface area contributed by atoms with Crippen molar-refractivity contribution in [3.05, 3.63) is 53.8 Å². The predicted molar refractivity (Wildman–Crippen MR) is 96.2 cm³/mol. The molecule has 0 saturated carbocycles. The monoisotopic (exact) mass is 359 g/mol. The van der Waals surface area contributed by atoms with Gasteiger partial charge in [-0.1, -0.05) is 30.0 Å². The zero-order valence-electron chi connectivity index (χ0n) is 14.0. The number of thioether (sulfide) groups is 1. The number of nitrogens with zero attached hydrogens (tertiary/aromatic N) is 2. The molecule has 0 unspecified atom stereocenters. The molecule has 5 nitrogen and oxygen atoms in total. The number of aromatic amines is 1. The van der Waals surface area contributed by atoms with Gasteiger partial charge < -0.3 is 14.6 Å². The van der Waals surface area contributed by atoms with E-state index >= 15 is 0 Å². The summed E-state index contributed by atoms with van der Waals surface area (Å²) < 4.78 is 18.9. The number of fused-ring (bicyclic) bond motifs is 1. The normalized spacial score (nSPS) is 10.8. The van der Waals surface area contributed by atoms with Gasteiger partial charge in [-0.2, -0.15) is 0 Å². The third-order valence-corrected chi connectivity index (χ3v) is 4.65. The summed E-state index contributed by atoms with van der Waals surface area (Å²) in [7, 11) is 3.27. The average molecular weight is 359 g/mol. The topological polar surface area (TPSA) is 58.2 Å². The van der Waals surface area contributed by atoms with Crippen molar-refractivity contribution in [2.75, 3.05) is 19.9 Å². The molecule has 3 rings (SSSR count). The summed E-state index contributed by atoms with van der Waals surface area (Å²) in [4.78, 5) is 21.4. The van der Waals surface area contributed by atoms with Crippen LogP contribution in [0.5, 0.6) is 5.75 Å². The number of carbonyl (C=O) groups is 1. The summed E-state index contributed by atoms with van der Waals surface area (Å²) in [6, 6.07) is 12.0. The number of rotatable bonds is 6. The van der Waals surface area contributed by atoms with Crippen molar-refractivity contribution in [2.45, 2.75) is 11.7 Å². The second-order valence-corrected chi connectivity index (χ2v) is 6.52. The first kappa shape index (κ1) is 17.3. The van der Waals surface area contributed by atoms with Crippen molar-refractivity contribution in [2.24, 2.45) is 0 Å². The Kier molecular flexibility index (Phi) is 5.23. The van der Waals surface area contributed by atoms with Gasteiger partial charge in [0.05, 0.1) is 23.9 Å². The Morgan fingerprint density at radius 3 is 2.88 bits per heavy atom.